The quantitative estimate of drug-likeness (QED) is 0.863. The highest BCUT2D eigenvalue weighted by molar-refractivity contribution is 7.10. The molecule has 1 unspecified atom stereocenters. The molecule has 0 bridgehead atoms. The highest BCUT2D eigenvalue weighted by Crippen LogP contribution is 2.30. The van der Waals surface area contributed by atoms with E-state index in [1.54, 1.807) is 11.3 Å². The molecule has 2 rings (SSSR count). The number of halogens is 2. The molecule has 0 spiro atoms. The molecule has 16 heavy (non-hydrogen) atoms. The van der Waals surface area contributed by atoms with Crippen LogP contribution in [0.3, 0.4) is 0 Å². The Hall–Kier alpha value is -0.900. The molecule has 0 aliphatic rings. The van der Waals surface area contributed by atoms with Crippen molar-refractivity contribution in [1.82, 2.24) is 0 Å². The second-order valence-corrected chi connectivity index (χ2v) is 5.08. The summed E-state index contributed by atoms with van der Waals surface area (Å²) in [7, 11) is 0. The minimum Gasteiger partial charge on any atom is -0.384 e. The predicted octanol–water partition coefficient (Wildman–Crippen LogP) is 3.93. The molecule has 1 aromatic carbocycles. The normalized spacial score (nSPS) is 12.8. The van der Waals surface area contributed by atoms with Crippen LogP contribution < -0.4 is 0 Å². The summed E-state index contributed by atoms with van der Waals surface area (Å²) in [6.07, 6.45) is -0.793. The van der Waals surface area contributed by atoms with Crippen LogP contribution >= 0.6 is 22.9 Å². The molecule has 0 aliphatic heterocycles. The van der Waals surface area contributed by atoms with Gasteiger partial charge >= 0.3 is 0 Å². The lowest BCUT2D eigenvalue weighted by Gasteiger charge is -2.11. The molecule has 1 aromatic heterocycles. The van der Waals surface area contributed by atoms with Crippen molar-refractivity contribution in [2.45, 2.75) is 13.0 Å². The van der Waals surface area contributed by atoms with Gasteiger partial charge in [0, 0.05) is 15.5 Å². The average Bonchev–Trinajstić information content (AvgIpc) is 2.64. The molecule has 0 amide bonds. The molecular formula is C12H10ClFOS. The third kappa shape index (κ3) is 2.26. The smallest absolute Gasteiger partial charge is 0.124 e. The Balaban J connectivity index is 2.37. The Labute approximate surface area is 102 Å². The van der Waals surface area contributed by atoms with Crippen molar-refractivity contribution in [3.8, 4) is 0 Å². The molecule has 1 atom stereocenters. The van der Waals surface area contributed by atoms with E-state index in [4.69, 9.17) is 11.6 Å². The van der Waals surface area contributed by atoms with Crippen molar-refractivity contribution >= 4 is 22.9 Å². The monoisotopic (exact) mass is 256 g/mol. The number of aliphatic hydroxyl groups is 1. The van der Waals surface area contributed by atoms with Gasteiger partial charge in [-0.25, -0.2) is 4.39 Å². The lowest BCUT2D eigenvalue weighted by Crippen LogP contribution is -1.99. The number of rotatable bonds is 2. The van der Waals surface area contributed by atoms with E-state index in [0.29, 0.717) is 5.56 Å². The molecule has 4 heteroatoms. The number of benzene rings is 1. The van der Waals surface area contributed by atoms with Crippen LogP contribution in [0.1, 0.15) is 22.1 Å². The fraction of sp³-hybridized carbons (Fsp3) is 0.167. The molecule has 1 N–H and O–H groups in total. The molecule has 2 aromatic rings. The topological polar surface area (TPSA) is 20.2 Å². The van der Waals surface area contributed by atoms with Gasteiger partial charge in [0.25, 0.3) is 0 Å². The lowest BCUT2D eigenvalue weighted by molar-refractivity contribution is 0.221. The summed E-state index contributed by atoms with van der Waals surface area (Å²) in [6.45, 7) is 1.97. The highest BCUT2D eigenvalue weighted by atomic mass is 35.5. The van der Waals surface area contributed by atoms with Crippen molar-refractivity contribution in [1.29, 1.82) is 0 Å². The molecule has 0 saturated heterocycles. The number of hydrogen-bond acceptors (Lipinski definition) is 2. The molecule has 0 saturated carbocycles. The third-order valence-corrected chi connectivity index (χ3v) is 3.53. The van der Waals surface area contributed by atoms with E-state index in [2.05, 4.69) is 0 Å². The minimum absolute atomic E-state index is 0.247. The van der Waals surface area contributed by atoms with Crippen LogP contribution in [0.2, 0.25) is 5.02 Å². The van der Waals surface area contributed by atoms with E-state index >= 15 is 0 Å². The first kappa shape index (κ1) is 11.6. The average molecular weight is 257 g/mol. The Bertz CT molecular complexity index is 509. The fourth-order valence-electron chi connectivity index (χ4n) is 1.51. The van der Waals surface area contributed by atoms with Gasteiger partial charge in [-0.05, 0) is 36.1 Å². The summed E-state index contributed by atoms with van der Waals surface area (Å²) < 4.78 is 12.9. The van der Waals surface area contributed by atoms with E-state index in [-0.39, 0.29) is 5.02 Å². The van der Waals surface area contributed by atoms with Crippen molar-refractivity contribution in [3.05, 3.63) is 56.5 Å². The van der Waals surface area contributed by atoms with Crippen LogP contribution in [0.25, 0.3) is 0 Å². The largest absolute Gasteiger partial charge is 0.384 e. The third-order valence-electron chi connectivity index (χ3n) is 2.32. The van der Waals surface area contributed by atoms with Gasteiger partial charge in [0.1, 0.15) is 11.9 Å². The van der Waals surface area contributed by atoms with Crippen molar-refractivity contribution in [2.75, 3.05) is 0 Å². The molecule has 1 nitrogen and oxygen atoms in total. The van der Waals surface area contributed by atoms with Crippen LogP contribution in [0.15, 0.2) is 29.6 Å². The zero-order valence-corrected chi connectivity index (χ0v) is 10.1. The van der Waals surface area contributed by atoms with Gasteiger partial charge in [-0.1, -0.05) is 17.7 Å². The molecule has 1 heterocycles. The first-order chi connectivity index (χ1) is 7.58. The maximum atomic E-state index is 12.9. The van der Waals surface area contributed by atoms with Gasteiger partial charge in [0.15, 0.2) is 0 Å². The standard InChI is InChI=1S/C12H10ClFOS/c1-7-4-8(6-16-7)12(15)10-3-2-9(14)5-11(10)13/h2-6,12,15H,1H3. The first-order valence-electron chi connectivity index (χ1n) is 4.76. The van der Waals surface area contributed by atoms with E-state index in [0.717, 1.165) is 10.4 Å². The van der Waals surface area contributed by atoms with Gasteiger partial charge in [-0.15, -0.1) is 11.3 Å². The van der Waals surface area contributed by atoms with Crippen molar-refractivity contribution in [3.63, 3.8) is 0 Å². The summed E-state index contributed by atoms with van der Waals surface area (Å²) in [5.74, 6) is -0.401. The predicted molar refractivity (Wildman–Crippen MR) is 64.5 cm³/mol. The van der Waals surface area contributed by atoms with Crippen LogP contribution in [0.5, 0.6) is 0 Å². The van der Waals surface area contributed by atoms with Gasteiger partial charge < -0.3 is 5.11 Å². The summed E-state index contributed by atoms with van der Waals surface area (Å²) in [5, 5.41) is 12.2. The lowest BCUT2D eigenvalue weighted by atomic mass is 10.0. The zero-order chi connectivity index (χ0) is 11.7. The SMILES string of the molecule is Cc1cc(C(O)c2ccc(F)cc2Cl)cs1. The van der Waals surface area contributed by atoms with Crippen LogP contribution in [-0.2, 0) is 0 Å². The Morgan fingerprint density at radius 2 is 2.12 bits per heavy atom. The maximum Gasteiger partial charge on any atom is 0.124 e. The number of aryl methyl sites for hydroxylation is 1. The summed E-state index contributed by atoms with van der Waals surface area (Å²) in [4.78, 5) is 1.12. The van der Waals surface area contributed by atoms with E-state index in [9.17, 15) is 9.50 Å². The maximum absolute atomic E-state index is 12.9. The Morgan fingerprint density at radius 1 is 1.38 bits per heavy atom. The van der Waals surface area contributed by atoms with Crippen molar-refractivity contribution < 1.29 is 9.50 Å². The zero-order valence-electron chi connectivity index (χ0n) is 8.58. The van der Waals surface area contributed by atoms with E-state index in [1.807, 2.05) is 18.4 Å². The summed E-state index contributed by atoms with van der Waals surface area (Å²) in [6, 6.07) is 5.91. The molecule has 0 aliphatic carbocycles. The van der Waals surface area contributed by atoms with E-state index in [1.165, 1.54) is 18.2 Å². The van der Waals surface area contributed by atoms with Gasteiger partial charge in [-0.2, -0.15) is 0 Å². The van der Waals surface area contributed by atoms with Crippen LogP contribution in [0, 0.1) is 12.7 Å². The summed E-state index contributed by atoms with van der Waals surface area (Å²) in [5.41, 5.74) is 1.32. The molecule has 0 radical (unpaired) electrons. The number of aliphatic hydroxyl groups excluding tert-OH is 1. The van der Waals surface area contributed by atoms with Gasteiger partial charge in [0.2, 0.25) is 0 Å². The minimum atomic E-state index is -0.793. The van der Waals surface area contributed by atoms with Crippen LogP contribution in [0.4, 0.5) is 4.39 Å². The van der Waals surface area contributed by atoms with Gasteiger partial charge in [0.05, 0.1) is 0 Å². The van der Waals surface area contributed by atoms with E-state index < -0.39 is 11.9 Å². The number of hydrogen-bond donors (Lipinski definition) is 1. The molecule has 0 fully saturated rings. The second kappa shape index (κ2) is 4.53. The molecule has 84 valence electrons. The second-order valence-electron chi connectivity index (χ2n) is 3.56. The summed E-state index contributed by atoms with van der Waals surface area (Å²) >= 11 is 7.44. The molecular weight excluding hydrogens is 247 g/mol. The fourth-order valence-corrected chi connectivity index (χ4v) is 2.50. The van der Waals surface area contributed by atoms with Gasteiger partial charge in [-0.3, -0.25) is 0 Å². The number of thiophene rings is 1. The Morgan fingerprint density at radius 3 is 2.69 bits per heavy atom. The Kier molecular flexibility index (Phi) is 3.28. The van der Waals surface area contributed by atoms with Crippen LogP contribution in [-0.4, -0.2) is 5.11 Å². The highest BCUT2D eigenvalue weighted by Gasteiger charge is 2.15. The first-order valence-corrected chi connectivity index (χ1v) is 6.02. The van der Waals surface area contributed by atoms with Crippen molar-refractivity contribution in [2.24, 2.45) is 0 Å².